The average molecular weight is 542 g/mol. The van der Waals surface area contributed by atoms with Crippen LogP contribution in [0, 0.1) is 11.3 Å². The van der Waals surface area contributed by atoms with Crippen LogP contribution in [-0.2, 0) is 11.4 Å². The predicted octanol–water partition coefficient (Wildman–Crippen LogP) is 6.34. The fourth-order valence-corrected chi connectivity index (χ4v) is 4.20. The lowest BCUT2D eigenvalue weighted by molar-refractivity contribution is -0.112. The standard InChI is InChI=1S/C24H18Br2N2O3/c1-30-23-17(12-19(25)13-22(23)26)11-18(14-27)24(29)28-20-7-9-21(10-8-20)31-15-16-5-3-2-4-6-16/h2-13H,15H2,1H3,(H,28,29)/b18-11+. The zero-order chi connectivity index (χ0) is 22.2. The molecular formula is C24H18Br2N2O3. The molecule has 1 N–H and O–H groups in total. The summed E-state index contributed by atoms with van der Waals surface area (Å²) in [6.45, 7) is 0.456. The number of amides is 1. The Balaban J connectivity index is 1.70. The quantitative estimate of drug-likeness (QED) is 0.279. The molecule has 0 radical (unpaired) electrons. The number of benzene rings is 3. The number of rotatable bonds is 7. The lowest BCUT2D eigenvalue weighted by Crippen LogP contribution is -2.13. The van der Waals surface area contributed by atoms with Crippen molar-refractivity contribution >= 4 is 49.5 Å². The van der Waals surface area contributed by atoms with Crippen molar-refractivity contribution in [1.29, 1.82) is 5.26 Å². The van der Waals surface area contributed by atoms with Gasteiger partial charge in [-0.3, -0.25) is 4.79 Å². The first-order valence-electron chi connectivity index (χ1n) is 9.23. The molecule has 31 heavy (non-hydrogen) atoms. The van der Waals surface area contributed by atoms with E-state index in [1.165, 1.54) is 13.2 Å². The van der Waals surface area contributed by atoms with Gasteiger partial charge in [0.2, 0.25) is 0 Å². The summed E-state index contributed by atoms with van der Waals surface area (Å²) in [6, 6.07) is 22.4. The zero-order valence-electron chi connectivity index (χ0n) is 16.6. The third-order valence-corrected chi connectivity index (χ3v) is 5.31. The largest absolute Gasteiger partial charge is 0.495 e. The lowest BCUT2D eigenvalue weighted by Gasteiger charge is -2.10. The number of nitrogens with one attached hydrogen (secondary N) is 1. The Kier molecular flexibility index (Phi) is 7.88. The van der Waals surface area contributed by atoms with Gasteiger partial charge in [0, 0.05) is 15.7 Å². The van der Waals surface area contributed by atoms with Gasteiger partial charge in [0.1, 0.15) is 29.7 Å². The molecule has 156 valence electrons. The predicted molar refractivity (Wildman–Crippen MR) is 128 cm³/mol. The molecule has 0 aliphatic carbocycles. The van der Waals surface area contributed by atoms with Crippen LogP contribution in [0.2, 0.25) is 0 Å². The van der Waals surface area contributed by atoms with Gasteiger partial charge in [-0.15, -0.1) is 0 Å². The Hall–Kier alpha value is -3.08. The van der Waals surface area contributed by atoms with Crippen LogP contribution in [0.25, 0.3) is 6.08 Å². The summed E-state index contributed by atoms with van der Waals surface area (Å²) in [6.07, 6.45) is 1.49. The first kappa shape index (κ1) is 22.6. The van der Waals surface area contributed by atoms with Gasteiger partial charge in [0.25, 0.3) is 5.91 Å². The van der Waals surface area contributed by atoms with E-state index in [9.17, 15) is 10.1 Å². The molecule has 0 aliphatic rings. The Morgan fingerprint density at radius 1 is 1.10 bits per heavy atom. The maximum absolute atomic E-state index is 12.6. The molecule has 0 spiro atoms. The Morgan fingerprint density at radius 3 is 2.45 bits per heavy atom. The van der Waals surface area contributed by atoms with Crippen LogP contribution in [0.1, 0.15) is 11.1 Å². The van der Waals surface area contributed by atoms with Crippen LogP contribution in [-0.4, -0.2) is 13.0 Å². The topological polar surface area (TPSA) is 71.3 Å². The molecule has 0 bridgehead atoms. The first-order valence-corrected chi connectivity index (χ1v) is 10.8. The number of methoxy groups -OCH3 is 1. The number of hydrogen-bond acceptors (Lipinski definition) is 4. The number of anilines is 1. The van der Waals surface area contributed by atoms with Gasteiger partial charge in [-0.2, -0.15) is 5.26 Å². The molecular weight excluding hydrogens is 524 g/mol. The summed E-state index contributed by atoms with van der Waals surface area (Å²) in [5, 5.41) is 12.2. The number of carbonyl (C=O) groups excluding carboxylic acids is 1. The van der Waals surface area contributed by atoms with Crippen molar-refractivity contribution in [1.82, 2.24) is 0 Å². The third-order valence-electron chi connectivity index (χ3n) is 4.27. The Bertz CT molecular complexity index is 1140. The van der Waals surface area contributed by atoms with Crippen LogP contribution in [0.5, 0.6) is 11.5 Å². The van der Waals surface area contributed by atoms with Crippen molar-refractivity contribution in [2.45, 2.75) is 6.61 Å². The molecule has 3 rings (SSSR count). The van der Waals surface area contributed by atoms with E-state index in [1.54, 1.807) is 30.3 Å². The second-order valence-corrected chi connectivity index (χ2v) is 8.20. The highest BCUT2D eigenvalue weighted by Gasteiger charge is 2.13. The number of ether oxygens (including phenoxy) is 2. The van der Waals surface area contributed by atoms with Gasteiger partial charge in [-0.1, -0.05) is 46.3 Å². The van der Waals surface area contributed by atoms with E-state index in [0.29, 0.717) is 33.8 Å². The highest BCUT2D eigenvalue weighted by molar-refractivity contribution is 9.11. The maximum atomic E-state index is 12.6. The van der Waals surface area contributed by atoms with E-state index in [0.717, 1.165) is 10.0 Å². The van der Waals surface area contributed by atoms with Crippen LogP contribution in [0.4, 0.5) is 5.69 Å². The highest BCUT2D eigenvalue weighted by atomic mass is 79.9. The molecule has 0 aliphatic heterocycles. The minimum Gasteiger partial charge on any atom is -0.495 e. The van der Waals surface area contributed by atoms with Gasteiger partial charge >= 0.3 is 0 Å². The molecule has 3 aromatic carbocycles. The molecule has 3 aromatic rings. The SMILES string of the molecule is COc1c(Br)cc(Br)cc1/C=C(\C#N)C(=O)Nc1ccc(OCc2ccccc2)cc1. The Morgan fingerprint density at radius 2 is 1.81 bits per heavy atom. The summed E-state index contributed by atoms with van der Waals surface area (Å²) < 4.78 is 12.6. The summed E-state index contributed by atoms with van der Waals surface area (Å²) in [5.74, 6) is 0.698. The number of nitriles is 1. The van der Waals surface area contributed by atoms with E-state index >= 15 is 0 Å². The van der Waals surface area contributed by atoms with E-state index < -0.39 is 5.91 Å². The molecule has 1 amide bonds. The van der Waals surface area contributed by atoms with Gasteiger partial charge in [0.05, 0.1) is 11.6 Å². The molecule has 0 saturated heterocycles. The molecule has 7 heteroatoms. The van der Waals surface area contributed by atoms with Crippen LogP contribution >= 0.6 is 31.9 Å². The highest BCUT2D eigenvalue weighted by Crippen LogP contribution is 2.34. The van der Waals surface area contributed by atoms with Gasteiger partial charge < -0.3 is 14.8 Å². The second kappa shape index (κ2) is 10.8. The van der Waals surface area contributed by atoms with E-state index in [-0.39, 0.29) is 5.57 Å². The third kappa shape index (κ3) is 6.20. The van der Waals surface area contributed by atoms with Gasteiger partial charge in [-0.25, -0.2) is 0 Å². The second-order valence-electron chi connectivity index (χ2n) is 6.43. The van der Waals surface area contributed by atoms with Crippen molar-refractivity contribution in [3.8, 4) is 17.6 Å². The van der Waals surface area contributed by atoms with E-state index in [1.807, 2.05) is 42.5 Å². The van der Waals surface area contributed by atoms with Gasteiger partial charge in [-0.05, 0) is 64.0 Å². The summed E-state index contributed by atoms with van der Waals surface area (Å²) >= 11 is 6.82. The number of halogens is 2. The van der Waals surface area contributed by atoms with Crippen molar-refractivity contribution in [3.63, 3.8) is 0 Å². The summed E-state index contributed by atoms with van der Waals surface area (Å²) in [5.41, 5.74) is 2.17. The van der Waals surface area contributed by atoms with Crippen LogP contribution in [0.15, 0.2) is 81.2 Å². The first-order chi connectivity index (χ1) is 15.0. The molecule has 0 atom stereocenters. The molecule has 0 aromatic heterocycles. The van der Waals surface area contributed by atoms with Crippen molar-refractivity contribution < 1.29 is 14.3 Å². The van der Waals surface area contributed by atoms with Gasteiger partial charge in [0.15, 0.2) is 0 Å². The Labute approximate surface area is 197 Å². The van der Waals surface area contributed by atoms with Crippen LogP contribution < -0.4 is 14.8 Å². The smallest absolute Gasteiger partial charge is 0.266 e. The molecule has 0 saturated carbocycles. The lowest BCUT2D eigenvalue weighted by atomic mass is 10.1. The van der Waals surface area contributed by atoms with E-state index in [2.05, 4.69) is 37.2 Å². The fraction of sp³-hybridized carbons (Fsp3) is 0.0833. The number of carbonyl (C=O) groups is 1. The molecule has 0 unspecified atom stereocenters. The maximum Gasteiger partial charge on any atom is 0.266 e. The number of nitrogens with zero attached hydrogens (tertiary/aromatic N) is 1. The number of hydrogen-bond donors (Lipinski definition) is 1. The van der Waals surface area contributed by atoms with Crippen LogP contribution in [0.3, 0.4) is 0 Å². The fourth-order valence-electron chi connectivity index (χ4n) is 2.78. The summed E-state index contributed by atoms with van der Waals surface area (Å²) in [7, 11) is 1.53. The molecule has 0 heterocycles. The van der Waals surface area contributed by atoms with E-state index in [4.69, 9.17) is 9.47 Å². The zero-order valence-corrected chi connectivity index (χ0v) is 19.7. The van der Waals surface area contributed by atoms with Crippen molar-refractivity contribution in [3.05, 3.63) is 92.4 Å². The normalized spacial score (nSPS) is 10.8. The minimum absolute atomic E-state index is 0.0484. The van der Waals surface area contributed by atoms with Crippen molar-refractivity contribution in [2.24, 2.45) is 0 Å². The summed E-state index contributed by atoms with van der Waals surface area (Å²) in [4.78, 5) is 12.6. The molecule has 5 nitrogen and oxygen atoms in total. The average Bonchev–Trinajstić information content (AvgIpc) is 2.77. The molecule has 0 fully saturated rings. The van der Waals surface area contributed by atoms with Crippen molar-refractivity contribution in [2.75, 3.05) is 12.4 Å². The minimum atomic E-state index is -0.515. The monoisotopic (exact) mass is 540 g/mol.